The predicted octanol–water partition coefficient (Wildman–Crippen LogP) is 2.93. The van der Waals surface area contributed by atoms with E-state index >= 15 is 0 Å². The number of methoxy groups -OCH3 is 1. The molecule has 6 heteroatoms. The Balaban J connectivity index is 2.20. The maximum atomic E-state index is 13.0. The lowest BCUT2D eigenvalue weighted by atomic mass is 10.2. The van der Waals surface area contributed by atoms with Crippen LogP contribution >= 0.6 is 11.3 Å². The monoisotopic (exact) mass is 279 g/mol. The molecule has 2 rings (SSSR count). The average molecular weight is 279 g/mol. The third-order valence-corrected chi connectivity index (χ3v) is 3.21. The van der Waals surface area contributed by atoms with Crippen LogP contribution in [0, 0.1) is 5.82 Å². The molecule has 19 heavy (non-hydrogen) atoms. The van der Waals surface area contributed by atoms with Crippen molar-refractivity contribution >= 4 is 28.2 Å². The zero-order chi connectivity index (χ0) is 13.8. The number of anilines is 1. The Bertz CT molecular complexity index is 624. The van der Waals surface area contributed by atoms with Crippen LogP contribution in [0.2, 0.25) is 0 Å². The zero-order valence-electron chi connectivity index (χ0n) is 9.98. The van der Waals surface area contributed by atoms with Crippen molar-refractivity contribution in [1.82, 2.24) is 0 Å². The fraction of sp³-hybridized carbons (Fsp3) is 0.0769. The summed E-state index contributed by atoms with van der Waals surface area (Å²) in [6, 6.07) is 6.87. The maximum absolute atomic E-state index is 13.0. The molecule has 1 aromatic carbocycles. The molecule has 0 saturated heterocycles. The summed E-state index contributed by atoms with van der Waals surface area (Å²) in [4.78, 5) is 23.3. The predicted molar refractivity (Wildman–Crippen MR) is 70.0 cm³/mol. The van der Waals surface area contributed by atoms with Crippen molar-refractivity contribution in [3.05, 3.63) is 52.7 Å². The second-order valence-electron chi connectivity index (χ2n) is 3.62. The standard InChI is InChI=1S/C13H10FNO3S/c1-18-13(17)10-5-6-19-12(10)15-11(16)8-3-2-4-9(14)7-8/h2-7H,1H3,(H,15,16). The van der Waals surface area contributed by atoms with E-state index in [1.165, 1.54) is 36.6 Å². The molecule has 0 spiro atoms. The second kappa shape index (κ2) is 5.62. The minimum atomic E-state index is -0.532. The van der Waals surface area contributed by atoms with Gasteiger partial charge in [0.05, 0.1) is 12.7 Å². The Morgan fingerprint density at radius 2 is 2.11 bits per heavy atom. The molecule has 0 aliphatic carbocycles. The Morgan fingerprint density at radius 3 is 2.79 bits per heavy atom. The number of hydrogen-bond acceptors (Lipinski definition) is 4. The highest BCUT2D eigenvalue weighted by Crippen LogP contribution is 2.24. The van der Waals surface area contributed by atoms with Crippen LogP contribution < -0.4 is 5.32 Å². The van der Waals surface area contributed by atoms with Gasteiger partial charge in [0.2, 0.25) is 0 Å². The van der Waals surface area contributed by atoms with E-state index in [2.05, 4.69) is 10.1 Å². The molecule has 4 nitrogen and oxygen atoms in total. The molecule has 1 N–H and O–H groups in total. The average Bonchev–Trinajstić information content (AvgIpc) is 2.86. The van der Waals surface area contributed by atoms with Crippen molar-refractivity contribution in [2.24, 2.45) is 0 Å². The van der Waals surface area contributed by atoms with Crippen LogP contribution in [0.5, 0.6) is 0 Å². The highest BCUT2D eigenvalue weighted by atomic mass is 32.1. The van der Waals surface area contributed by atoms with Crippen LogP contribution in [0.15, 0.2) is 35.7 Å². The number of esters is 1. The number of rotatable bonds is 3. The van der Waals surface area contributed by atoms with E-state index in [-0.39, 0.29) is 11.1 Å². The molecule has 0 bridgehead atoms. The van der Waals surface area contributed by atoms with Crippen molar-refractivity contribution in [1.29, 1.82) is 0 Å². The van der Waals surface area contributed by atoms with Gasteiger partial charge >= 0.3 is 5.97 Å². The molecule has 0 radical (unpaired) electrons. The van der Waals surface area contributed by atoms with Crippen LogP contribution in [-0.4, -0.2) is 19.0 Å². The summed E-state index contributed by atoms with van der Waals surface area (Å²) in [5.41, 5.74) is 0.460. The van der Waals surface area contributed by atoms with E-state index in [9.17, 15) is 14.0 Å². The molecular formula is C13H10FNO3S. The van der Waals surface area contributed by atoms with Gasteiger partial charge in [-0.15, -0.1) is 11.3 Å². The maximum Gasteiger partial charge on any atom is 0.340 e. The summed E-state index contributed by atoms with van der Waals surface area (Å²) >= 11 is 1.19. The molecule has 98 valence electrons. The minimum Gasteiger partial charge on any atom is -0.465 e. The molecule has 0 fully saturated rings. The normalized spacial score (nSPS) is 10.0. The number of halogens is 1. The van der Waals surface area contributed by atoms with E-state index in [0.717, 1.165) is 6.07 Å². The zero-order valence-corrected chi connectivity index (χ0v) is 10.8. The second-order valence-corrected chi connectivity index (χ2v) is 4.54. The van der Waals surface area contributed by atoms with E-state index < -0.39 is 17.7 Å². The lowest BCUT2D eigenvalue weighted by molar-refractivity contribution is 0.0602. The van der Waals surface area contributed by atoms with Crippen molar-refractivity contribution in [2.45, 2.75) is 0 Å². The fourth-order valence-electron chi connectivity index (χ4n) is 1.48. The SMILES string of the molecule is COC(=O)c1ccsc1NC(=O)c1cccc(F)c1. The van der Waals surface area contributed by atoms with Crippen molar-refractivity contribution < 1.29 is 18.7 Å². The number of ether oxygens (including phenoxy) is 1. The van der Waals surface area contributed by atoms with Crippen molar-refractivity contribution in [3.63, 3.8) is 0 Å². The number of thiophene rings is 1. The van der Waals surface area contributed by atoms with Crippen molar-refractivity contribution in [2.75, 3.05) is 12.4 Å². The van der Waals surface area contributed by atoms with Gasteiger partial charge in [0.15, 0.2) is 0 Å². The van der Waals surface area contributed by atoms with Gasteiger partial charge in [-0.3, -0.25) is 4.79 Å². The molecule has 0 aliphatic heterocycles. The third-order valence-electron chi connectivity index (χ3n) is 2.38. The Morgan fingerprint density at radius 1 is 1.32 bits per heavy atom. The number of hydrogen-bond donors (Lipinski definition) is 1. The van der Waals surface area contributed by atoms with Crippen LogP contribution in [0.25, 0.3) is 0 Å². The van der Waals surface area contributed by atoms with E-state index in [0.29, 0.717) is 5.00 Å². The van der Waals surface area contributed by atoms with Gasteiger partial charge in [-0.1, -0.05) is 6.07 Å². The van der Waals surface area contributed by atoms with Crippen LogP contribution in [-0.2, 0) is 4.74 Å². The first kappa shape index (κ1) is 13.2. The quantitative estimate of drug-likeness (QED) is 0.879. The van der Waals surface area contributed by atoms with Gasteiger partial charge in [0.1, 0.15) is 10.8 Å². The van der Waals surface area contributed by atoms with E-state index in [1.807, 2.05) is 0 Å². The van der Waals surface area contributed by atoms with Crippen LogP contribution in [0.3, 0.4) is 0 Å². The highest BCUT2D eigenvalue weighted by molar-refractivity contribution is 7.14. The summed E-state index contributed by atoms with van der Waals surface area (Å²) in [5, 5.41) is 4.60. The minimum absolute atomic E-state index is 0.184. The van der Waals surface area contributed by atoms with Crippen LogP contribution in [0.4, 0.5) is 9.39 Å². The van der Waals surface area contributed by atoms with E-state index in [4.69, 9.17) is 0 Å². The van der Waals surface area contributed by atoms with Gasteiger partial charge in [-0.25, -0.2) is 9.18 Å². The molecule has 0 atom stereocenters. The molecule has 1 heterocycles. The summed E-state index contributed by atoms with van der Waals surface area (Å²) < 4.78 is 17.6. The molecule has 1 aromatic heterocycles. The summed E-state index contributed by atoms with van der Waals surface area (Å²) in [7, 11) is 1.26. The number of nitrogens with one attached hydrogen (secondary N) is 1. The van der Waals surface area contributed by atoms with Gasteiger partial charge in [0, 0.05) is 5.56 Å². The molecule has 2 aromatic rings. The van der Waals surface area contributed by atoms with Gasteiger partial charge < -0.3 is 10.1 Å². The fourth-order valence-corrected chi connectivity index (χ4v) is 2.25. The molecule has 1 amide bonds. The van der Waals surface area contributed by atoms with Gasteiger partial charge in [0.25, 0.3) is 5.91 Å². The summed E-state index contributed by atoms with van der Waals surface area (Å²) in [6.07, 6.45) is 0. The lowest BCUT2D eigenvalue weighted by Crippen LogP contribution is -2.13. The first-order valence-electron chi connectivity index (χ1n) is 5.34. The Kier molecular flexibility index (Phi) is 3.91. The first-order valence-corrected chi connectivity index (χ1v) is 6.22. The Hall–Kier alpha value is -2.21. The third kappa shape index (κ3) is 2.97. The largest absolute Gasteiger partial charge is 0.465 e. The number of carbonyl (C=O) groups is 2. The van der Waals surface area contributed by atoms with Gasteiger partial charge in [-0.2, -0.15) is 0 Å². The smallest absolute Gasteiger partial charge is 0.340 e. The van der Waals surface area contributed by atoms with E-state index in [1.54, 1.807) is 11.4 Å². The molecule has 0 saturated carbocycles. The van der Waals surface area contributed by atoms with Crippen LogP contribution in [0.1, 0.15) is 20.7 Å². The molecule has 0 unspecified atom stereocenters. The van der Waals surface area contributed by atoms with Crippen molar-refractivity contribution in [3.8, 4) is 0 Å². The first-order chi connectivity index (χ1) is 9.11. The Labute approximate surface area is 112 Å². The summed E-state index contributed by atoms with van der Waals surface area (Å²) in [5.74, 6) is -1.50. The number of amides is 1. The highest BCUT2D eigenvalue weighted by Gasteiger charge is 2.16. The number of benzene rings is 1. The number of carbonyl (C=O) groups excluding carboxylic acids is 2. The summed E-state index contributed by atoms with van der Waals surface area (Å²) in [6.45, 7) is 0. The lowest BCUT2D eigenvalue weighted by Gasteiger charge is -2.05. The van der Waals surface area contributed by atoms with Gasteiger partial charge in [-0.05, 0) is 29.6 Å². The topological polar surface area (TPSA) is 55.4 Å². The molecule has 0 aliphatic rings. The molecular weight excluding hydrogens is 269 g/mol.